The number of piperidine rings is 1. The summed E-state index contributed by atoms with van der Waals surface area (Å²) in [7, 11) is -3.21. The van der Waals surface area contributed by atoms with Crippen molar-refractivity contribution in [2.45, 2.75) is 23.8 Å². The highest BCUT2D eigenvalue weighted by molar-refractivity contribution is 7.90. The zero-order valence-corrected chi connectivity index (χ0v) is 16.0. The fourth-order valence-electron chi connectivity index (χ4n) is 3.46. The predicted octanol–water partition coefficient (Wildman–Crippen LogP) is 3.44. The Morgan fingerprint density at radius 3 is 2.48 bits per heavy atom. The highest BCUT2D eigenvalue weighted by Gasteiger charge is 2.17. The van der Waals surface area contributed by atoms with Gasteiger partial charge in [-0.05, 0) is 55.8 Å². The van der Waals surface area contributed by atoms with Crippen molar-refractivity contribution in [3.8, 4) is 16.9 Å². The SMILES string of the molecule is CS(=O)(=O)c1ccc(-c2cccc3c(OC4CCNCC4)ccnc23)cc1. The molecule has 0 saturated carbocycles. The standard InChI is InChI=1S/C21H22N2O3S/c1-27(24,25)17-7-5-15(6-8-17)18-3-2-4-19-20(11-14-23-21(18)19)26-16-9-12-22-13-10-16/h2-8,11,14,16,22H,9-10,12-13H2,1H3. The van der Waals surface area contributed by atoms with Crippen LogP contribution < -0.4 is 10.1 Å². The molecule has 0 bridgehead atoms. The normalized spacial score (nSPS) is 15.7. The summed E-state index contributed by atoms with van der Waals surface area (Å²) in [5.74, 6) is 0.849. The Labute approximate surface area is 159 Å². The van der Waals surface area contributed by atoms with Gasteiger partial charge in [0, 0.05) is 23.4 Å². The lowest BCUT2D eigenvalue weighted by Crippen LogP contribution is -2.34. The summed E-state index contributed by atoms with van der Waals surface area (Å²) in [6.45, 7) is 1.96. The average Bonchev–Trinajstić information content (AvgIpc) is 2.68. The first-order chi connectivity index (χ1) is 13.0. The van der Waals surface area contributed by atoms with Crippen LogP contribution in [0.1, 0.15) is 12.8 Å². The minimum absolute atomic E-state index is 0.217. The van der Waals surface area contributed by atoms with E-state index in [0.717, 1.165) is 53.7 Å². The molecule has 4 rings (SSSR count). The van der Waals surface area contributed by atoms with E-state index in [1.54, 1.807) is 18.3 Å². The van der Waals surface area contributed by atoms with Crippen LogP contribution in [0.15, 0.2) is 59.6 Å². The van der Waals surface area contributed by atoms with Crippen LogP contribution >= 0.6 is 0 Å². The molecule has 6 heteroatoms. The van der Waals surface area contributed by atoms with Gasteiger partial charge in [0.25, 0.3) is 0 Å². The van der Waals surface area contributed by atoms with Crippen molar-refractivity contribution in [2.24, 2.45) is 0 Å². The molecule has 0 unspecified atom stereocenters. The summed E-state index contributed by atoms with van der Waals surface area (Å²) in [4.78, 5) is 4.89. The quantitative estimate of drug-likeness (QED) is 0.749. The topological polar surface area (TPSA) is 68.3 Å². The maximum absolute atomic E-state index is 11.7. The van der Waals surface area contributed by atoms with Gasteiger partial charge < -0.3 is 10.1 Å². The highest BCUT2D eigenvalue weighted by Crippen LogP contribution is 2.33. The van der Waals surface area contributed by atoms with E-state index in [2.05, 4.69) is 10.3 Å². The molecule has 1 saturated heterocycles. The lowest BCUT2D eigenvalue weighted by molar-refractivity contribution is 0.164. The summed E-state index contributed by atoms with van der Waals surface area (Å²) < 4.78 is 29.7. The second-order valence-electron chi connectivity index (χ2n) is 6.87. The van der Waals surface area contributed by atoms with Crippen LogP contribution in [0.2, 0.25) is 0 Å². The fraction of sp³-hybridized carbons (Fsp3) is 0.286. The fourth-order valence-corrected chi connectivity index (χ4v) is 4.09. The number of ether oxygens (including phenoxy) is 1. The first-order valence-electron chi connectivity index (χ1n) is 9.08. The number of benzene rings is 2. The number of sulfone groups is 1. The Balaban J connectivity index is 1.73. The second kappa shape index (κ2) is 7.29. The third-order valence-electron chi connectivity index (χ3n) is 4.90. The molecule has 1 fully saturated rings. The van der Waals surface area contributed by atoms with Gasteiger partial charge in [-0.25, -0.2) is 8.42 Å². The summed E-state index contributed by atoms with van der Waals surface area (Å²) >= 11 is 0. The van der Waals surface area contributed by atoms with Crippen LogP contribution in [0.25, 0.3) is 22.0 Å². The Morgan fingerprint density at radius 2 is 1.78 bits per heavy atom. The third-order valence-corrected chi connectivity index (χ3v) is 6.03. The zero-order chi connectivity index (χ0) is 18.9. The van der Waals surface area contributed by atoms with Crippen LogP contribution in [0.3, 0.4) is 0 Å². The lowest BCUT2D eigenvalue weighted by Gasteiger charge is -2.24. The number of para-hydroxylation sites is 1. The van der Waals surface area contributed by atoms with Gasteiger partial charge in [-0.3, -0.25) is 4.98 Å². The van der Waals surface area contributed by atoms with E-state index >= 15 is 0 Å². The highest BCUT2D eigenvalue weighted by atomic mass is 32.2. The Bertz CT molecular complexity index is 1060. The lowest BCUT2D eigenvalue weighted by atomic mass is 10.0. The van der Waals surface area contributed by atoms with Crippen molar-refractivity contribution < 1.29 is 13.2 Å². The van der Waals surface area contributed by atoms with Crippen LogP contribution in [0.5, 0.6) is 5.75 Å². The van der Waals surface area contributed by atoms with Crippen molar-refractivity contribution in [3.05, 3.63) is 54.7 Å². The minimum Gasteiger partial charge on any atom is -0.490 e. The number of fused-ring (bicyclic) bond motifs is 1. The number of hydrogen-bond acceptors (Lipinski definition) is 5. The predicted molar refractivity (Wildman–Crippen MR) is 107 cm³/mol. The zero-order valence-electron chi connectivity index (χ0n) is 15.2. The molecule has 2 aromatic carbocycles. The Morgan fingerprint density at radius 1 is 1.04 bits per heavy atom. The second-order valence-corrected chi connectivity index (χ2v) is 8.89. The van der Waals surface area contributed by atoms with Crippen molar-refractivity contribution >= 4 is 20.7 Å². The van der Waals surface area contributed by atoms with E-state index in [1.807, 2.05) is 36.4 Å². The van der Waals surface area contributed by atoms with E-state index in [-0.39, 0.29) is 6.10 Å². The molecule has 1 N–H and O–H groups in total. The molecule has 3 aromatic rings. The third kappa shape index (κ3) is 3.82. The molecule has 0 aliphatic carbocycles. The number of nitrogens with one attached hydrogen (secondary N) is 1. The Kier molecular flexibility index (Phi) is 4.85. The van der Waals surface area contributed by atoms with E-state index < -0.39 is 9.84 Å². The van der Waals surface area contributed by atoms with Gasteiger partial charge >= 0.3 is 0 Å². The number of aromatic nitrogens is 1. The van der Waals surface area contributed by atoms with Crippen LogP contribution in [0.4, 0.5) is 0 Å². The summed E-state index contributed by atoms with van der Waals surface area (Å²) in [6.07, 6.45) is 5.20. The molecule has 140 valence electrons. The van der Waals surface area contributed by atoms with E-state index in [1.165, 1.54) is 6.26 Å². The van der Waals surface area contributed by atoms with E-state index in [9.17, 15) is 8.42 Å². The maximum Gasteiger partial charge on any atom is 0.175 e. The van der Waals surface area contributed by atoms with Gasteiger partial charge in [0.05, 0.1) is 10.4 Å². The van der Waals surface area contributed by atoms with Crippen molar-refractivity contribution in [3.63, 3.8) is 0 Å². The van der Waals surface area contributed by atoms with Gasteiger partial charge in [0.2, 0.25) is 0 Å². The van der Waals surface area contributed by atoms with E-state index in [4.69, 9.17) is 4.74 Å². The largest absolute Gasteiger partial charge is 0.490 e. The molecular formula is C21H22N2O3S. The number of pyridine rings is 1. The van der Waals surface area contributed by atoms with Gasteiger partial charge in [-0.2, -0.15) is 0 Å². The van der Waals surface area contributed by atoms with Crippen molar-refractivity contribution in [1.29, 1.82) is 0 Å². The molecular weight excluding hydrogens is 360 g/mol. The first-order valence-corrected chi connectivity index (χ1v) is 11.0. The molecule has 0 atom stereocenters. The molecule has 0 spiro atoms. The molecule has 1 aromatic heterocycles. The molecule has 5 nitrogen and oxygen atoms in total. The van der Waals surface area contributed by atoms with Gasteiger partial charge in [0.1, 0.15) is 11.9 Å². The first kappa shape index (κ1) is 17.9. The number of rotatable bonds is 4. The monoisotopic (exact) mass is 382 g/mol. The summed E-state index contributed by atoms with van der Waals surface area (Å²) in [5.41, 5.74) is 2.75. The minimum atomic E-state index is -3.21. The molecule has 2 heterocycles. The summed E-state index contributed by atoms with van der Waals surface area (Å²) in [5, 5.41) is 4.32. The van der Waals surface area contributed by atoms with Gasteiger partial charge in [-0.15, -0.1) is 0 Å². The van der Waals surface area contributed by atoms with Crippen LogP contribution in [0, 0.1) is 0 Å². The maximum atomic E-state index is 11.7. The van der Waals surface area contributed by atoms with Crippen LogP contribution in [-0.4, -0.2) is 38.9 Å². The molecule has 0 radical (unpaired) electrons. The van der Waals surface area contributed by atoms with Gasteiger partial charge in [0.15, 0.2) is 9.84 Å². The Hall–Kier alpha value is -2.44. The smallest absolute Gasteiger partial charge is 0.175 e. The van der Waals surface area contributed by atoms with Crippen molar-refractivity contribution in [2.75, 3.05) is 19.3 Å². The summed E-state index contributed by atoms with van der Waals surface area (Å²) in [6, 6.07) is 14.9. The number of hydrogen-bond donors (Lipinski definition) is 1. The molecule has 27 heavy (non-hydrogen) atoms. The van der Waals surface area contributed by atoms with Crippen molar-refractivity contribution in [1.82, 2.24) is 10.3 Å². The molecule has 1 aliphatic heterocycles. The van der Waals surface area contributed by atoms with Crippen LogP contribution in [-0.2, 0) is 9.84 Å². The average molecular weight is 382 g/mol. The molecule has 1 aliphatic rings. The van der Waals surface area contributed by atoms with Gasteiger partial charge in [-0.1, -0.05) is 24.3 Å². The molecule has 0 amide bonds. The number of nitrogens with zero attached hydrogens (tertiary/aromatic N) is 1. The van der Waals surface area contributed by atoms with E-state index in [0.29, 0.717) is 4.90 Å².